The molecule has 9 rings (SSSR count). The van der Waals surface area contributed by atoms with E-state index in [2.05, 4.69) is 314 Å². The average molecular weight is 1100 g/mol. The SMILES string of the molecule is [I][Ni][I].c1ccc(P(c2ccccc2)c2ccccc2)cc1.c1ccc(P(c2ccccc2)c2ccccc2)cc1.c1ccc(P(c2ccccc2)c2ccccc2)cc1. The van der Waals surface area contributed by atoms with Gasteiger partial charge in [-0.3, -0.25) is 0 Å². The van der Waals surface area contributed by atoms with E-state index in [0.29, 0.717) is 0 Å². The Morgan fingerprint density at radius 1 is 0.183 bits per heavy atom. The maximum Gasteiger partial charge on any atom is -0.0134 e. The standard InChI is InChI=1S/3C18H15P.2HI.Ni/c3*1-4-10-16(11-5-1)19(17-12-6-2-7-13-17)18-14-8-3-9-15-18;;;/h3*1-15H;2*1H;/q;;;;;+2/p-2. The summed E-state index contributed by atoms with van der Waals surface area (Å²) in [6.07, 6.45) is 0. The molecule has 0 bridgehead atoms. The van der Waals surface area contributed by atoms with Gasteiger partial charge in [0.1, 0.15) is 0 Å². The Balaban J connectivity index is 0.000000146. The van der Waals surface area contributed by atoms with Gasteiger partial charge in [-0.1, -0.05) is 273 Å². The summed E-state index contributed by atoms with van der Waals surface area (Å²) in [7, 11) is 0.227. The van der Waals surface area contributed by atoms with Gasteiger partial charge in [0.2, 0.25) is 0 Å². The van der Waals surface area contributed by atoms with Crippen LogP contribution in [0.5, 0.6) is 0 Å². The average Bonchev–Trinajstić information content (AvgIpc) is 3.33. The molecule has 0 aliphatic heterocycles. The summed E-state index contributed by atoms with van der Waals surface area (Å²) in [6.45, 7) is 0. The summed E-state index contributed by atoms with van der Waals surface area (Å²) in [6, 6.07) is 97.0. The monoisotopic (exact) mass is 1100 g/mol. The van der Waals surface area contributed by atoms with Gasteiger partial charge >= 0.3 is 49.0 Å². The summed E-state index contributed by atoms with van der Waals surface area (Å²) in [5.74, 6) is 0. The van der Waals surface area contributed by atoms with Crippen LogP contribution in [0, 0.1) is 0 Å². The van der Waals surface area contributed by atoms with Crippen LogP contribution in [0.25, 0.3) is 0 Å². The Kier molecular flexibility index (Phi) is 20.2. The molecule has 0 radical (unpaired) electrons. The van der Waals surface area contributed by atoms with Gasteiger partial charge in [0.15, 0.2) is 0 Å². The first-order valence-electron chi connectivity index (χ1n) is 19.4. The smallest absolute Gasteiger partial charge is 0.0134 e. The minimum absolute atomic E-state index is 0.446. The molecule has 0 aliphatic rings. The van der Waals surface area contributed by atoms with Gasteiger partial charge in [-0.2, -0.15) is 0 Å². The van der Waals surface area contributed by atoms with E-state index >= 15 is 0 Å². The first kappa shape index (κ1) is 45.7. The fourth-order valence-electron chi connectivity index (χ4n) is 6.54. The molecule has 0 aromatic heterocycles. The fraction of sp³-hybridized carbons (Fsp3) is 0. The Morgan fingerprint density at radius 3 is 0.350 bits per heavy atom. The summed E-state index contributed by atoms with van der Waals surface area (Å²) in [4.78, 5) is 0. The summed E-state index contributed by atoms with van der Waals surface area (Å²) in [5.41, 5.74) is 0. The normalized spacial score (nSPS) is 10.4. The number of benzene rings is 9. The number of hydrogen-bond donors (Lipinski definition) is 0. The number of hydrogen-bond acceptors (Lipinski definition) is 0. The summed E-state index contributed by atoms with van der Waals surface area (Å²) < 4.78 is 0. The zero-order valence-electron chi connectivity index (χ0n) is 32.9. The Bertz CT molecular complexity index is 1890. The largest absolute Gasteiger partial charge is 0.0622 e. The maximum absolute atomic E-state index is 2.23. The van der Waals surface area contributed by atoms with Crippen molar-refractivity contribution in [3.05, 3.63) is 273 Å². The molecule has 0 unspecified atom stereocenters. The minimum Gasteiger partial charge on any atom is -0.0622 e. The molecule has 0 spiro atoms. The van der Waals surface area contributed by atoms with Gasteiger partial charge in [-0.05, 0) is 71.5 Å². The van der Waals surface area contributed by atoms with Gasteiger partial charge in [0.05, 0.1) is 0 Å². The number of halogens is 2. The predicted molar refractivity (Wildman–Crippen MR) is 283 cm³/mol. The molecule has 0 saturated heterocycles. The van der Waals surface area contributed by atoms with Crippen molar-refractivity contribution in [2.24, 2.45) is 0 Å². The quantitative estimate of drug-likeness (QED) is 0.0768. The van der Waals surface area contributed by atoms with Crippen LogP contribution in [0.15, 0.2) is 273 Å². The molecular weight excluding hydrogens is 1050 g/mol. The third kappa shape index (κ3) is 14.1. The van der Waals surface area contributed by atoms with E-state index in [4.69, 9.17) is 0 Å². The van der Waals surface area contributed by atoms with Crippen molar-refractivity contribution < 1.29 is 8.07 Å². The second kappa shape index (κ2) is 26.5. The predicted octanol–water partition coefficient (Wildman–Crippen LogP) is 12.1. The van der Waals surface area contributed by atoms with Crippen molar-refractivity contribution in [3.8, 4) is 0 Å². The van der Waals surface area contributed by atoms with Gasteiger partial charge in [-0.15, -0.1) is 0 Å². The van der Waals surface area contributed by atoms with E-state index in [9.17, 15) is 0 Å². The van der Waals surface area contributed by atoms with Crippen LogP contribution in [-0.2, 0) is 8.07 Å². The summed E-state index contributed by atoms with van der Waals surface area (Å²) >= 11 is 4.43. The third-order valence-electron chi connectivity index (χ3n) is 9.13. The zero-order valence-corrected chi connectivity index (χ0v) is 40.9. The fourth-order valence-corrected chi connectivity index (χ4v) is 13.5. The van der Waals surface area contributed by atoms with Crippen molar-refractivity contribution in [3.63, 3.8) is 0 Å². The zero-order chi connectivity index (χ0) is 41.5. The van der Waals surface area contributed by atoms with Crippen LogP contribution in [-0.4, -0.2) is 0 Å². The molecule has 0 N–H and O–H groups in total. The van der Waals surface area contributed by atoms with Crippen LogP contribution in [0.4, 0.5) is 0 Å². The van der Waals surface area contributed by atoms with E-state index in [1.807, 2.05) is 0 Å². The molecule has 6 heteroatoms. The van der Waals surface area contributed by atoms with Crippen LogP contribution in [0.3, 0.4) is 0 Å². The van der Waals surface area contributed by atoms with Crippen molar-refractivity contribution in [1.29, 1.82) is 0 Å². The first-order valence-corrected chi connectivity index (χ1v) is 29.8. The maximum atomic E-state index is 2.23. The van der Waals surface area contributed by atoms with Gasteiger partial charge < -0.3 is 0 Å². The third-order valence-corrected chi connectivity index (χ3v) is 16.5. The molecule has 0 heterocycles. The number of rotatable bonds is 9. The van der Waals surface area contributed by atoms with Crippen molar-refractivity contribution in [2.45, 2.75) is 0 Å². The molecule has 0 aliphatic carbocycles. The molecule has 0 amide bonds. The first-order chi connectivity index (χ1) is 29.8. The molecule has 9 aromatic rings. The van der Waals surface area contributed by atoms with E-state index < -0.39 is 23.8 Å². The van der Waals surface area contributed by atoms with Crippen molar-refractivity contribution >= 4 is 112 Å². The molecule has 0 atom stereocenters. The van der Waals surface area contributed by atoms with Gasteiger partial charge in [0, 0.05) is 0 Å². The van der Waals surface area contributed by atoms with Crippen LogP contribution in [0.1, 0.15) is 0 Å². The Morgan fingerprint density at radius 2 is 0.267 bits per heavy atom. The molecule has 0 fully saturated rings. The van der Waals surface area contributed by atoms with Gasteiger partial charge in [-0.25, -0.2) is 0 Å². The van der Waals surface area contributed by atoms with Crippen LogP contribution >= 0.6 is 64.7 Å². The summed E-state index contributed by atoms with van der Waals surface area (Å²) in [5, 5.41) is 12.6. The molecule has 0 nitrogen and oxygen atoms in total. The second-order valence-corrected chi connectivity index (χ2v) is 28.1. The second-order valence-electron chi connectivity index (χ2n) is 13.1. The van der Waals surface area contributed by atoms with Crippen molar-refractivity contribution in [1.82, 2.24) is 0 Å². The van der Waals surface area contributed by atoms with Crippen molar-refractivity contribution in [2.75, 3.05) is 0 Å². The van der Waals surface area contributed by atoms with Crippen LogP contribution in [0.2, 0.25) is 0 Å². The van der Waals surface area contributed by atoms with E-state index in [1.165, 1.54) is 47.7 Å². The van der Waals surface area contributed by atoms with E-state index in [-0.39, 0.29) is 0 Å². The Labute approximate surface area is 389 Å². The van der Waals surface area contributed by atoms with E-state index in [1.54, 1.807) is 8.07 Å². The van der Waals surface area contributed by atoms with Gasteiger partial charge in [0.25, 0.3) is 0 Å². The van der Waals surface area contributed by atoms with E-state index in [0.717, 1.165) is 0 Å². The Hall–Kier alpha value is -3.78. The molecule has 300 valence electrons. The van der Waals surface area contributed by atoms with Crippen LogP contribution < -0.4 is 47.7 Å². The topological polar surface area (TPSA) is 0 Å². The molecule has 9 aromatic carbocycles. The molecular formula is C54H45I2NiP3. The molecule has 0 saturated carbocycles. The minimum atomic E-state index is -0.446. The molecule has 60 heavy (non-hydrogen) atoms.